The minimum Gasteiger partial charge on any atom is -0.467 e. The number of hydrogen-bond acceptors (Lipinski definition) is 6. The summed E-state index contributed by atoms with van der Waals surface area (Å²) in [6.45, 7) is 0.0556. The van der Waals surface area contributed by atoms with E-state index in [0.717, 1.165) is 16.7 Å². The van der Waals surface area contributed by atoms with Crippen LogP contribution in [0.15, 0.2) is 86.9 Å². The van der Waals surface area contributed by atoms with E-state index in [-0.39, 0.29) is 18.5 Å². The lowest BCUT2D eigenvalue weighted by Crippen LogP contribution is -2.32. The maximum atomic E-state index is 13.0. The number of nitrogens with one attached hydrogen (secondary N) is 1. The summed E-state index contributed by atoms with van der Waals surface area (Å²) in [5, 5.41) is 19.0. The molecule has 152 valence electrons. The summed E-state index contributed by atoms with van der Waals surface area (Å²) in [4.78, 5) is 13.0. The second-order valence-electron chi connectivity index (χ2n) is 7.21. The molecular formula is C24H18N4O3. The molecule has 0 fully saturated rings. The molecule has 1 aliphatic heterocycles. The molecule has 0 aliphatic carbocycles. The number of nitriles is 1. The van der Waals surface area contributed by atoms with Crippen molar-refractivity contribution in [2.45, 2.75) is 12.5 Å². The Kier molecular flexibility index (Phi) is 4.73. The number of carbonyl (C=O) groups is 1. The third kappa shape index (κ3) is 3.67. The summed E-state index contributed by atoms with van der Waals surface area (Å²) in [5.74, 6) is 1.12. The van der Waals surface area contributed by atoms with Gasteiger partial charge in [0.1, 0.15) is 23.1 Å². The molecule has 7 nitrogen and oxygen atoms in total. The molecule has 1 aliphatic rings. The van der Waals surface area contributed by atoms with Crippen molar-refractivity contribution < 1.29 is 13.6 Å². The summed E-state index contributed by atoms with van der Waals surface area (Å²) < 4.78 is 11.5. The van der Waals surface area contributed by atoms with Gasteiger partial charge < -0.3 is 14.2 Å². The minimum atomic E-state index is -0.339. The van der Waals surface area contributed by atoms with E-state index in [9.17, 15) is 4.79 Å². The van der Waals surface area contributed by atoms with Gasteiger partial charge in [-0.15, -0.1) is 0 Å². The van der Waals surface area contributed by atoms with Gasteiger partial charge in [0, 0.05) is 17.5 Å². The highest BCUT2D eigenvalue weighted by atomic mass is 16.3. The molecule has 0 spiro atoms. The average Bonchev–Trinajstić information content (AvgIpc) is 3.56. The SMILES string of the molecule is N#Cc1ccc(NCC(=O)N2N=C(c3cc4ccccc4o3)CC2c2ccco2)cc1. The van der Waals surface area contributed by atoms with Gasteiger partial charge in [-0.1, -0.05) is 18.2 Å². The first-order valence-electron chi connectivity index (χ1n) is 9.87. The lowest BCUT2D eigenvalue weighted by Gasteiger charge is -2.20. The van der Waals surface area contributed by atoms with Crippen LogP contribution in [0.3, 0.4) is 0 Å². The first kappa shape index (κ1) is 18.7. The van der Waals surface area contributed by atoms with E-state index < -0.39 is 0 Å². The molecule has 2 aromatic carbocycles. The first-order chi connectivity index (χ1) is 15.2. The molecule has 1 N–H and O–H groups in total. The predicted molar refractivity (Wildman–Crippen MR) is 115 cm³/mol. The van der Waals surface area contributed by atoms with Gasteiger partial charge in [-0.05, 0) is 48.5 Å². The number of hydrazone groups is 1. The van der Waals surface area contributed by atoms with E-state index in [4.69, 9.17) is 14.1 Å². The van der Waals surface area contributed by atoms with Crippen LogP contribution >= 0.6 is 0 Å². The Bertz CT molecular complexity index is 1260. The Balaban J connectivity index is 1.39. The van der Waals surface area contributed by atoms with Crippen molar-refractivity contribution >= 4 is 28.3 Å². The van der Waals surface area contributed by atoms with Crippen LogP contribution in [0, 0.1) is 11.3 Å². The zero-order valence-corrected chi connectivity index (χ0v) is 16.5. The molecule has 7 heteroatoms. The maximum absolute atomic E-state index is 13.0. The van der Waals surface area contributed by atoms with E-state index in [2.05, 4.69) is 16.5 Å². The van der Waals surface area contributed by atoms with Crippen LogP contribution < -0.4 is 5.32 Å². The van der Waals surface area contributed by atoms with Crippen molar-refractivity contribution in [1.29, 1.82) is 5.26 Å². The highest BCUT2D eigenvalue weighted by molar-refractivity contribution is 6.03. The average molecular weight is 410 g/mol. The molecule has 0 radical (unpaired) electrons. The Morgan fingerprint density at radius 1 is 1.16 bits per heavy atom. The largest absolute Gasteiger partial charge is 0.467 e. The van der Waals surface area contributed by atoms with Crippen molar-refractivity contribution in [3.05, 3.63) is 90.1 Å². The number of furan rings is 2. The predicted octanol–water partition coefficient (Wildman–Crippen LogP) is 4.69. The zero-order chi connectivity index (χ0) is 21.2. The van der Waals surface area contributed by atoms with E-state index in [1.165, 1.54) is 5.01 Å². The molecule has 2 aromatic heterocycles. The van der Waals surface area contributed by atoms with E-state index in [1.54, 1.807) is 36.6 Å². The van der Waals surface area contributed by atoms with Gasteiger partial charge in [0.15, 0.2) is 5.76 Å². The Hall–Kier alpha value is -4.31. The molecule has 1 atom stereocenters. The molecule has 1 unspecified atom stereocenters. The highest BCUT2D eigenvalue weighted by Gasteiger charge is 2.35. The molecule has 1 amide bonds. The molecule has 5 rings (SSSR count). The second-order valence-corrected chi connectivity index (χ2v) is 7.21. The van der Waals surface area contributed by atoms with Gasteiger partial charge in [0.25, 0.3) is 5.91 Å². The van der Waals surface area contributed by atoms with Gasteiger partial charge in [0.2, 0.25) is 0 Å². The van der Waals surface area contributed by atoms with Crippen LogP contribution in [-0.4, -0.2) is 23.2 Å². The normalized spacial score (nSPS) is 15.6. The minimum absolute atomic E-state index is 0.0556. The van der Waals surface area contributed by atoms with Crippen LogP contribution in [0.4, 0.5) is 5.69 Å². The lowest BCUT2D eigenvalue weighted by molar-refractivity contribution is -0.131. The molecule has 31 heavy (non-hydrogen) atoms. The van der Waals surface area contributed by atoms with Crippen LogP contribution in [0.2, 0.25) is 0 Å². The smallest absolute Gasteiger partial charge is 0.262 e. The molecular weight excluding hydrogens is 392 g/mol. The molecule has 3 heterocycles. The van der Waals surface area contributed by atoms with E-state index >= 15 is 0 Å². The van der Waals surface area contributed by atoms with Crippen molar-refractivity contribution in [1.82, 2.24) is 5.01 Å². The standard InChI is InChI=1S/C24H18N4O3/c25-14-16-7-9-18(10-8-16)26-15-24(29)28-20(22-6-3-11-30-22)13-19(27-28)23-12-17-4-1-2-5-21(17)31-23/h1-12,20,26H,13,15H2. The van der Waals surface area contributed by atoms with Crippen LogP contribution in [0.5, 0.6) is 0 Å². The van der Waals surface area contributed by atoms with Crippen molar-refractivity contribution in [3.63, 3.8) is 0 Å². The fourth-order valence-electron chi connectivity index (χ4n) is 3.64. The lowest BCUT2D eigenvalue weighted by atomic mass is 10.1. The molecule has 0 saturated carbocycles. The van der Waals surface area contributed by atoms with Gasteiger partial charge in [-0.2, -0.15) is 10.4 Å². The Labute approximate surface area is 178 Å². The quantitative estimate of drug-likeness (QED) is 0.515. The van der Waals surface area contributed by atoms with Crippen LogP contribution in [-0.2, 0) is 4.79 Å². The fraction of sp³-hybridized carbons (Fsp3) is 0.125. The zero-order valence-electron chi connectivity index (χ0n) is 16.5. The number of nitrogens with zero attached hydrogens (tertiary/aromatic N) is 3. The molecule has 0 saturated heterocycles. The molecule has 0 bridgehead atoms. The number of benzene rings is 2. The van der Waals surface area contributed by atoms with Crippen LogP contribution in [0.25, 0.3) is 11.0 Å². The number of hydrogen-bond donors (Lipinski definition) is 1. The Morgan fingerprint density at radius 2 is 2.00 bits per heavy atom. The van der Waals surface area contributed by atoms with Gasteiger partial charge in [0.05, 0.1) is 24.4 Å². The van der Waals surface area contributed by atoms with E-state index in [1.807, 2.05) is 36.4 Å². The third-order valence-electron chi connectivity index (χ3n) is 5.21. The number of para-hydroxylation sites is 1. The fourth-order valence-corrected chi connectivity index (χ4v) is 3.64. The summed E-state index contributed by atoms with van der Waals surface area (Å²) in [7, 11) is 0. The maximum Gasteiger partial charge on any atom is 0.262 e. The van der Waals surface area contributed by atoms with Gasteiger partial charge in [-0.25, -0.2) is 5.01 Å². The van der Waals surface area contributed by atoms with Gasteiger partial charge in [-0.3, -0.25) is 4.79 Å². The van der Waals surface area contributed by atoms with Crippen molar-refractivity contribution in [3.8, 4) is 6.07 Å². The number of rotatable bonds is 5. The second kappa shape index (κ2) is 7.84. The summed E-state index contributed by atoms with van der Waals surface area (Å²) in [6.07, 6.45) is 2.09. The Morgan fingerprint density at radius 3 is 2.74 bits per heavy atom. The third-order valence-corrected chi connectivity index (χ3v) is 5.21. The van der Waals surface area contributed by atoms with E-state index in [0.29, 0.717) is 29.2 Å². The monoisotopic (exact) mass is 410 g/mol. The summed E-state index contributed by atoms with van der Waals surface area (Å²) in [6, 6.07) is 22.0. The van der Waals surface area contributed by atoms with Crippen molar-refractivity contribution in [2.75, 3.05) is 11.9 Å². The topological polar surface area (TPSA) is 94.8 Å². The first-order valence-corrected chi connectivity index (χ1v) is 9.87. The highest BCUT2D eigenvalue weighted by Crippen LogP contribution is 2.34. The summed E-state index contributed by atoms with van der Waals surface area (Å²) >= 11 is 0. The number of carbonyl (C=O) groups excluding carboxylic acids is 1. The number of amides is 1. The van der Waals surface area contributed by atoms with Crippen molar-refractivity contribution in [2.24, 2.45) is 5.10 Å². The number of fused-ring (bicyclic) bond motifs is 1. The van der Waals surface area contributed by atoms with Gasteiger partial charge >= 0.3 is 0 Å². The van der Waals surface area contributed by atoms with Crippen LogP contribution in [0.1, 0.15) is 29.5 Å². The number of anilines is 1. The molecule has 4 aromatic rings. The summed E-state index contributed by atoms with van der Waals surface area (Å²) in [5.41, 5.74) is 2.79.